The third-order valence-electron chi connectivity index (χ3n) is 11.9. The fraction of sp³-hybridized carbons (Fsp3) is 0.200. The molecular weight excluding hydrogens is 1130 g/mol. The van der Waals surface area contributed by atoms with Crippen LogP contribution in [0.25, 0.3) is 0 Å². The van der Waals surface area contributed by atoms with E-state index in [9.17, 15) is 105 Å². The largest absolute Gasteiger partial charge is 0.416 e. The van der Waals surface area contributed by atoms with Gasteiger partial charge in [0, 0.05) is 10.5 Å². The number of halogens is 24. The van der Waals surface area contributed by atoms with Gasteiger partial charge in [-0.25, -0.2) is 0 Å². The zero-order chi connectivity index (χ0) is 58.4. The standard InChI is InChI=1S/C32H12BF24.C18H16N2S/c34-25(35,36)13-1-14(26(37,38)39)6-21(5-13)33(22-7-15(27(40,41)42)2-16(8-22)28(43,44)45,23-9-17(29(46,47)48)3-18(10-23)30(49,50)51)24-11-19(31(52,53)54)4-20(12-24)32(55,56)57;21-18-9-5-4-8-16(18)12-17-13-19-10-11-20(17)14-15-6-2-1-3-7-15/h1-12H;1-11,13H,12,14H2/q-1;/p+1. The van der Waals surface area contributed by atoms with E-state index in [4.69, 9.17) is 0 Å². The molecule has 7 rings (SSSR count). The van der Waals surface area contributed by atoms with Crippen molar-refractivity contribution in [1.29, 1.82) is 0 Å². The van der Waals surface area contributed by atoms with Gasteiger partial charge in [0.2, 0.25) is 5.69 Å². The van der Waals surface area contributed by atoms with Gasteiger partial charge in [0.05, 0.1) is 63.3 Å². The van der Waals surface area contributed by atoms with Crippen LogP contribution >= 0.6 is 12.6 Å². The normalized spacial score (nSPS) is 13.3. The first-order chi connectivity index (χ1) is 35.6. The van der Waals surface area contributed by atoms with E-state index in [0.717, 1.165) is 17.9 Å². The molecule has 6 aromatic carbocycles. The van der Waals surface area contributed by atoms with Gasteiger partial charge < -0.3 is 0 Å². The summed E-state index contributed by atoms with van der Waals surface area (Å²) in [6.45, 7) is 0.855. The van der Waals surface area contributed by atoms with Crippen molar-refractivity contribution in [3.8, 4) is 0 Å². The van der Waals surface area contributed by atoms with Gasteiger partial charge in [-0.15, -0.1) is 12.6 Å². The molecule has 78 heavy (non-hydrogen) atoms. The lowest BCUT2D eigenvalue weighted by Gasteiger charge is -2.46. The second kappa shape index (κ2) is 21.4. The van der Waals surface area contributed by atoms with Crippen LogP contribution in [-0.4, -0.2) is 11.1 Å². The molecule has 416 valence electrons. The van der Waals surface area contributed by atoms with Crippen molar-refractivity contribution >= 4 is 40.6 Å². The minimum atomic E-state index is -6.13. The van der Waals surface area contributed by atoms with Crippen molar-refractivity contribution in [2.75, 3.05) is 0 Å². The Bertz CT molecular complexity index is 2820. The molecule has 1 heterocycles. The smallest absolute Gasteiger partial charge is 0.252 e. The van der Waals surface area contributed by atoms with Gasteiger partial charge in [0.15, 0.2) is 12.7 Å². The molecule has 0 spiro atoms. The predicted molar refractivity (Wildman–Crippen MR) is 237 cm³/mol. The number of benzene rings is 6. The third kappa shape index (κ3) is 14.1. The van der Waals surface area contributed by atoms with Gasteiger partial charge >= 0.3 is 49.4 Å². The molecule has 28 heteroatoms. The van der Waals surface area contributed by atoms with Crippen molar-refractivity contribution < 1.29 is 110 Å². The first kappa shape index (κ1) is 60.4. The monoisotopic (exact) mass is 1160 g/mol. The highest BCUT2D eigenvalue weighted by Crippen LogP contribution is 2.41. The summed E-state index contributed by atoms with van der Waals surface area (Å²) in [4.78, 5) is 5.29. The minimum absolute atomic E-state index is 0.691. The number of thiol groups is 1. The van der Waals surface area contributed by atoms with E-state index < -0.39 is 195 Å². The van der Waals surface area contributed by atoms with Crippen molar-refractivity contribution in [2.45, 2.75) is 67.3 Å². The lowest BCUT2D eigenvalue weighted by Crippen LogP contribution is -2.75. The van der Waals surface area contributed by atoms with Crippen LogP contribution in [0.5, 0.6) is 0 Å². The van der Waals surface area contributed by atoms with Crippen LogP contribution in [0.3, 0.4) is 0 Å². The van der Waals surface area contributed by atoms with E-state index in [2.05, 4.69) is 52.5 Å². The van der Waals surface area contributed by atoms with Crippen LogP contribution in [0, 0.1) is 0 Å². The number of aromatic nitrogens is 2. The Morgan fingerprint density at radius 3 is 0.936 bits per heavy atom. The Balaban J connectivity index is 0.000000387. The topological polar surface area (TPSA) is 16.8 Å². The average molecular weight is 1160 g/mol. The molecule has 0 N–H and O–H groups in total. The maximum Gasteiger partial charge on any atom is 0.416 e. The summed E-state index contributed by atoms with van der Waals surface area (Å²) in [6, 6.07) is 9.85. The molecule has 0 atom stereocenters. The fourth-order valence-electron chi connectivity index (χ4n) is 8.43. The number of rotatable bonds is 8. The van der Waals surface area contributed by atoms with Gasteiger partial charge in [-0.05, 0) is 35.9 Å². The quantitative estimate of drug-likeness (QED) is 0.0694. The van der Waals surface area contributed by atoms with Crippen molar-refractivity contribution in [3.63, 3.8) is 0 Å². The van der Waals surface area contributed by atoms with E-state index in [1.165, 1.54) is 16.8 Å². The summed E-state index contributed by atoms with van der Waals surface area (Å²) < 4.78 is 343. The number of hydrogen-bond acceptors (Lipinski definition) is 2. The molecule has 0 aliphatic rings. The molecule has 0 saturated carbocycles. The average Bonchev–Trinajstić information content (AvgIpc) is 3.35. The lowest BCUT2D eigenvalue weighted by atomic mass is 9.12. The molecule has 2 nitrogen and oxygen atoms in total. The zero-order valence-corrected chi connectivity index (χ0v) is 39.2. The van der Waals surface area contributed by atoms with Crippen LogP contribution in [0.15, 0.2) is 151 Å². The molecule has 0 aliphatic carbocycles. The summed E-state index contributed by atoms with van der Waals surface area (Å²) in [5.41, 5.74) is -26.5. The van der Waals surface area contributed by atoms with E-state index in [1.807, 2.05) is 42.9 Å². The summed E-state index contributed by atoms with van der Waals surface area (Å²) >= 11 is 4.53. The Kier molecular flexibility index (Phi) is 16.6. The van der Waals surface area contributed by atoms with Crippen LogP contribution in [0.1, 0.15) is 61.3 Å². The van der Waals surface area contributed by atoms with Gasteiger partial charge in [0.1, 0.15) is 6.15 Å². The SMILES string of the molecule is FC(F)(F)c1cc([B-](c2cc(C(F)(F)F)cc(C(F)(F)F)c2)(c2cc(C(F)(F)F)cc(C(F)(F)F)c2)c2cc(C(F)(F)F)cc(C(F)(F)F)c2)cc(C(F)(F)F)c1.Sc1ccccc1Cc1cncc[n+]1Cc1ccccc1. The first-order valence-corrected chi connectivity index (χ1v) is 22.0. The molecule has 0 aliphatic heterocycles. The van der Waals surface area contributed by atoms with Crippen molar-refractivity contribution in [1.82, 2.24) is 4.98 Å². The summed E-state index contributed by atoms with van der Waals surface area (Å²) in [6.07, 6.45) is -48.2. The molecular formula is C50H29BF24N2S. The maximum atomic E-state index is 14.2. The summed E-state index contributed by atoms with van der Waals surface area (Å²) in [7, 11) is 0. The van der Waals surface area contributed by atoms with Gasteiger partial charge in [-0.3, -0.25) is 4.98 Å². The Morgan fingerprint density at radius 2 is 0.654 bits per heavy atom. The third-order valence-corrected chi connectivity index (χ3v) is 12.4. The van der Waals surface area contributed by atoms with Crippen LogP contribution < -0.4 is 26.4 Å². The van der Waals surface area contributed by atoms with E-state index in [0.29, 0.717) is 0 Å². The highest BCUT2D eigenvalue weighted by Gasteiger charge is 2.47. The molecule has 0 radical (unpaired) electrons. The Morgan fingerprint density at radius 1 is 0.372 bits per heavy atom. The first-order valence-electron chi connectivity index (χ1n) is 21.6. The highest BCUT2D eigenvalue weighted by atomic mass is 32.1. The van der Waals surface area contributed by atoms with Gasteiger partial charge in [-0.2, -0.15) is 132 Å². The van der Waals surface area contributed by atoms with E-state index in [1.54, 1.807) is 0 Å². The highest BCUT2D eigenvalue weighted by molar-refractivity contribution is 7.80. The Labute approximate surface area is 429 Å². The van der Waals surface area contributed by atoms with E-state index >= 15 is 0 Å². The zero-order valence-electron chi connectivity index (χ0n) is 38.3. The van der Waals surface area contributed by atoms with Crippen LogP contribution in [-0.2, 0) is 62.4 Å². The second-order valence-electron chi connectivity index (χ2n) is 17.2. The molecule has 7 aromatic rings. The second-order valence-corrected chi connectivity index (χ2v) is 17.7. The van der Waals surface area contributed by atoms with E-state index in [-0.39, 0.29) is 0 Å². The molecule has 0 saturated heterocycles. The molecule has 0 fully saturated rings. The molecule has 0 amide bonds. The number of alkyl halides is 24. The van der Waals surface area contributed by atoms with Crippen LogP contribution in [0.4, 0.5) is 105 Å². The van der Waals surface area contributed by atoms with Gasteiger partial charge in [-0.1, -0.05) is 97.1 Å². The molecule has 1 aromatic heterocycles. The van der Waals surface area contributed by atoms with Crippen LogP contribution in [0.2, 0.25) is 0 Å². The van der Waals surface area contributed by atoms with Gasteiger partial charge in [0.25, 0.3) is 0 Å². The number of hydrogen-bond donors (Lipinski definition) is 1. The molecule has 0 bridgehead atoms. The van der Waals surface area contributed by atoms with Crippen molar-refractivity contribution in [2.24, 2.45) is 0 Å². The lowest BCUT2D eigenvalue weighted by molar-refractivity contribution is -0.695. The molecule has 0 unspecified atom stereocenters. The summed E-state index contributed by atoms with van der Waals surface area (Å²) in [5.74, 6) is 0. The predicted octanol–water partition coefficient (Wildman–Crippen LogP) is 14.5. The fourth-order valence-corrected chi connectivity index (χ4v) is 8.67. The minimum Gasteiger partial charge on any atom is -0.252 e. The van der Waals surface area contributed by atoms with Crippen molar-refractivity contribution in [3.05, 3.63) is 207 Å². The maximum absolute atomic E-state index is 14.2. The summed E-state index contributed by atoms with van der Waals surface area (Å²) in [5, 5.41) is 0. The Hall–Kier alpha value is -6.87. The number of nitrogens with zero attached hydrogens (tertiary/aromatic N) is 2.